The molecule has 134 valence electrons. The Morgan fingerprint density at radius 1 is 1.46 bits per heavy atom. The molecule has 7 nitrogen and oxygen atoms in total. The van der Waals surface area contributed by atoms with Crippen LogP contribution in [0.5, 0.6) is 5.75 Å². The topological polar surface area (TPSA) is 87.7 Å². The van der Waals surface area contributed by atoms with Gasteiger partial charge >= 0.3 is 0 Å². The predicted molar refractivity (Wildman–Crippen MR) is 92.2 cm³/mol. The number of sulfonamides is 1. The maximum atomic E-state index is 12.7. The Morgan fingerprint density at radius 2 is 2.17 bits per heavy atom. The monoisotopic (exact) mass is 375 g/mol. The molecule has 1 aromatic carbocycles. The van der Waals surface area contributed by atoms with Crippen LogP contribution < -0.4 is 14.8 Å². The molecule has 1 aromatic rings. The van der Waals surface area contributed by atoms with Crippen molar-refractivity contribution in [3.63, 3.8) is 0 Å². The van der Waals surface area contributed by atoms with Crippen molar-refractivity contribution >= 4 is 27.5 Å². The normalized spacial score (nSPS) is 17.8. The fourth-order valence-corrected chi connectivity index (χ4v) is 4.18. The molecule has 1 heterocycles. The lowest BCUT2D eigenvalue weighted by Crippen LogP contribution is -2.37. The van der Waals surface area contributed by atoms with Gasteiger partial charge in [-0.2, -0.15) is 0 Å². The summed E-state index contributed by atoms with van der Waals surface area (Å²) in [5.41, 5.74) is 0.106. The zero-order valence-corrected chi connectivity index (χ0v) is 15.5. The number of carbonyl (C=O) groups excluding carboxylic acids is 1. The van der Waals surface area contributed by atoms with Crippen LogP contribution in [0.4, 0.5) is 0 Å². The standard InChI is InChI=1S/C15H22ClN3O4S/c1-19(2)15(20)12-7-10(16)8-13(14(12)23-3)24(21,22)18-9-11-5-4-6-17-11/h7-8,11,17-18H,4-6,9H2,1-3H3. The van der Waals surface area contributed by atoms with E-state index in [1.54, 1.807) is 14.1 Å². The van der Waals surface area contributed by atoms with Gasteiger partial charge in [0, 0.05) is 31.7 Å². The minimum atomic E-state index is -3.86. The molecule has 24 heavy (non-hydrogen) atoms. The molecule has 1 saturated heterocycles. The summed E-state index contributed by atoms with van der Waals surface area (Å²) in [5.74, 6) is -0.395. The molecule has 0 spiro atoms. The summed E-state index contributed by atoms with van der Waals surface area (Å²) in [5, 5.41) is 3.37. The SMILES string of the molecule is COc1c(C(=O)N(C)C)cc(Cl)cc1S(=O)(=O)NCC1CCCN1. The van der Waals surface area contributed by atoms with Crippen LogP contribution in [-0.4, -0.2) is 59.6 Å². The van der Waals surface area contributed by atoms with E-state index in [2.05, 4.69) is 10.0 Å². The van der Waals surface area contributed by atoms with Gasteiger partial charge in [0.25, 0.3) is 5.91 Å². The Kier molecular flexibility index (Phi) is 6.08. The first-order valence-electron chi connectivity index (χ1n) is 7.58. The third-order valence-electron chi connectivity index (χ3n) is 3.83. The first kappa shape index (κ1) is 19.0. The number of rotatable bonds is 6. The minimum Gasteiger partial charge on any atom is -0.494 e. The first-order valence-corrected chi connectivity index (χ1v) is 9.44. The summed E-state index contributed by atoms with van der Waals surface area (Å²) < 4.78 is 33.1. The first-order chi connectivity index (χ1) is 11.3. The number of nitrogens with one attached hydrogen (secondary N) is 2. The molecule has 1 aliphatic heterocycles. The van der Waals surface area contributed by atoms with E-state index in [-0.39, 0.29) is 39.7 Å². The molecule has 1 aliphatic rings. The quantitative estimate of drug-likeness (QED) is 0.776. The Labute approximate surface area is 147 Å². The van der Waals surface area contributed by atoms with Crippen molar-refractivity contribution in [3.05, 3.63) is 22.7 Å². The summed E-state index contributed by atoms with van der Waals surface area (Å²) in [6, 6.07) is 2.80. The highest BCUT2D eigenvalue weighted by atomic mass is 35.5. The molecule has 0 saturated carbocycles. The van der Waals surface area contributed by atoms with E-state index in [0.29, 0.717) is 0 Å². The van der Waals surface area contributed by atoms with E-state index in [1.165, 1.54) is 24.1 Å². The number of nitrogens with zero attached hydrogens (tertiary/aromatic N) is 1. The van der Waals surface area contributed by atoms with E-state index in [0.717, 1.165) is 19.4 Å². The Morgan fingerprint density at radius 3 is 2.71 bits per heavy atom. The molecule has 0 radical (unpaired) electrons. The molecule has 1 amide bonds. The highest BCUT2D eigenvalue weighted by Crippen LogP contribution is 2.32. The van der Waals surface area contributed by atoms with Crippen LogP contribution in [0.3, 0.4) is 0 Å². The molecular weight excluding hydrogens is 354 g/mol. The Hall–Kier alpha value is -1.35. The fourth-order valence-electron chi connectivity index (χ4n) is 2.60. The summed E-state index contributed by atoms with van der Waals surface area (Å²) in [6.07, 6.45) is 1.94. The number of methoxy groups -OCH3 is 1. The largest absolute Gasteiger partial charge is 0.494 e. The van der Waals surface area contributed by atoms with Crippen LogP contribution in [0.2, 0.25) is 5.02 Å². The van der Waals surface area contributed by atoms with Gasteiger partial charge < -0.3 is 15.0 Å². The smallest absolute Gasteiger partial charge is 0.257 e. The number of halogens is 1. The van der Waals surface area contributed by atoms with Crippen LogP contribution in [0.15, 0.2) is 17.0 Å². The maximum Gasteiger partial charge on any atom is 0.257 e. The van der Waals surface area contributed by atoms with Crippen LogP contribution in [0.25, 0.3) is 0 Å². The van der Waals surface area contributed by atoms with Gasteiger partial charge in [-0.1, -0.05) is 11.6 Å². The Bertz CT molecular complexity index is 716. The van der Waals surface area contributed by atoms with Gasteiger partial charge in [-0.25, -0.2) is 13.1 Å². The number of benzene rings is 1. The summed E-state index contributed by atoms with van der Waals surface area (Å²) in [6.45, 7) is 1.16. The summed E-state index contributed by atoms with van der Waals surface area (Å²) in [7, 11) is 0.602. The number of carbonyl (C=O) groups is 1. The number of amides is 1. The second kappa shape index (κ2) is 7.69. The average molecular weight is 376 g/mol. The van der Waals surface area contributed by atoms with Crippen LogP contribution in [0, 0.1) is 0 Å². The van der Waals surface area contributed by atoms with Crippen molar-refractivity contribution in [2.45, 2.75) is 23.8 Å². The third-order valence-corrected chi connectivity index (χ3v) is 5.48. The molecular formula is C15H22ClN3O4S. The van der Waals surface area contributed by atoms with E-state index >= 15 is 0 Å². The molecule has 0 aliphatic carbocycles. The molecule has 1 unspecified atom stereocenters. The molecule has 2 N–H and O–H groups in total. The van der Waals surface area contributed by atoms with Crippen LogP contribution >= 0.6 is 11.6 Å². The summed E-state index contributed by atoms with van der Waals surface area (Å²) >= 11 is 6.03. The van der Waals surface area contributed by atoms with Crippen LogP contribution in [-0.2, 0) is 10.0 Å². The van der Waals surface area contributed by atoms with E-state index in [4.69, 9.17) is 16.3 Å². The van der Waals surface area contributed by atoms with Gasteiger partial charge in [0.1, 0.15) is 4.90 Å². The lowest BCUT2D eigenvalue weighted by molar-refractivity contribution is 0.0824. The predicted octanol–water partition coefficient (Wildman–Crippen LogP) is 1.08. The Balaban J connectivity index is 2.38. The van der Waals surface area contributed by atoms with E-state index in [9.17, 15) is 13.2 Å². The van der Waals surface area contributed by atoms with E-state index < -0.39 is 10.0 Å². The second-order valence-electron chi connectivity index (χ2n) is 5.83. The lowest BCUT2D eigenvalue weighted by Gasteiger charge is -2.18. The average Bonchev–Trinajstić information content (AvgIpc) is 3.04. The second-order valence-corrected chi connectivity index (χ2v) is 8.00. The van der Waals surface area contributed by atoms with Gasteiger partial charge in [0.05, 0.1) is 12.7 Å². The van der Waals surface area contributed by atoms with Gasteiger partial charge in [-0.3, -0.25) is 4.79 Å². The van der Waals surface area contributed by atoms with Crippen molar-refractivity contribution in [3.8, 4) is 5.75 Å². The summed E-state index contributed by atoms with van der Waals surface area (Å²) in [4.78, 5) is 13.5. The molecule has 0 aromatic heterocycles. The van der Waals surface area contributed by atoms with Gasteiger partial charge in [0.2, 0.25) is 10.0 Å². The van der Waals surface area contributed by atoms with Gasteiger partial charge in [-0.15, -0.1) is 0 Å². The zero-order chi connectivity index (χ0) is 17.9. The van der Waals surface area contributed by atoms with Crippen molar-refractivity contribution in [1.29, 1.82) is 0 Å². The number of hydrogen-bond donors (Lipinski definition) is 2. The van der Waals surface area contributed by atoms with Crippen LogP contribution in [0.1, 0.15) is 23.2 Å². The number of ether oxygens (including phenoxy) is 1. The lowest BCUT2D eigenvalue weighted by atomic mass is 10.2. The minimum absolute atomic E-state index is 0.00928. The van der Waals surface area contributed by atoms with E-state index in [1.807, 2.05) is 0 Å². The van der Waals surface area contributed by atoms with Crippen molar-refractivity contribution in [2.75, 3.05) is 34.3 Å². The third kappa shape index (κ3) is 4.18. The highest BCUT2D eigenvalue weighted by Gasteiger charge is 2.27. The molecule has 2 rings (SSSR count). The molecule has 1 fully saturated rings. The fraction of sp³-hybridized carbons (Fsp3) is 0.533. The maximum absolute atomic E-state index is 12.7. The molecule has 1 atom stereocenters. The van der Waals surface area contributed by atoms with Gasteiger partial charge in [0.15, 0.2) is 5.75 Å². The van der Waals surface area contributed by atoms with Crippen molar-refractivity contribution < 1.29 is 17.9 Å². The van der Waals surface area contributed by atoms with Crippen molar-refractivity contribution in [1.82, 2.24) is 14.9 Å². The molecule has 0 bridgehead atoms. The molecule has 9 heteroatoms. The van der Waals surface area contributed by atoms with Gasteiger partial charge in [-0.05, 0) is 31.5 Å². The number of hydrogen-bond acceptors (Lipinski definition) is 5. The highest BCUT2D eigenvalue weighted by molar-refractivity contribution is 7.89. The van der Waals surface area contributed by atoms with Crippen molar-refractivity contribution in [2.24, 2.45) is 0 Å². The zero-order valence-electron chi connectivity index (χ0n) is 13.9.